The van der Waals surface area contributed by atoms with Crippen LogP contribution in [0.4, 0.5) is 5.69 Å². The first-order valence-electron chi connectivity index (χ1n) is 9.39. The number of halogens is 1. The highest BCUT2D eigenvalue weighted by Gasteiger charge is 2.20. The Morgan fingerprint density at radius 1 is 1.21 bits per heavy atom. The van der Waals surface area contributed by atoms with Crippen molar-refractivity contribution in [1.82, 2.24) is 25.0 Å². The third-order valence-electron chi connectivity index (χ3n) is 4.89. The van der Waals surface area contributed by atoms with Crippen molar-refractivity contribution in [2.75, 3.05) is 44.7 Å². The van der Waals surface area contributed by atoms with Crippen LogP contribution >= 0.6 is 24.0 Å². The largest absolute Gasteiger partial charge is 0.497 e. The fourth-order valence-corrected chi connectivity index (χ4v) is 3.14. The van der Waals surface area contributed by atoms with E-state index in [9.17, 15) is 0 Å². The number of benzene rings is 1. The van der Waals surface area contributed by atoms with Crippen molar-refractivity contribution < 1.29 is 4.74 Å². The smallest absolute Gasteiger partial charge is 0.194 e. The van der Waals surface area contributed by atoms with Crippen LogP contribution in [0.2, 0.25) is 0 Å². The van der Waals surface area contributed by atoms with Gasteiger partial charge in [0.2, 0.25) is 0 Å². The van der Waals surface area contributed by atoms with E-state index in [1.165, 1.54) is 5.69 Å². The van der Waals surface area contributed by atoms with Crippen molar-refractivity contribution in [2.45, 2.75) is 20.4 Å². The average molecular weight is 499 g/mol. The lowest BCUT2D eigenvalue weighted by molar-refractivity contribution is 0.371. The minimum Gasteiger partial charge on any atom is -0.497 e. The lowest BCUT2D eigenvalue weighted by atomic mass is 10.2. The second-order valence-electron chi connectivity index (χ2n) is 6.57. The van der Waals surface area contributed by atoms with Gasteiger partial charge >= 0.3 is 0 Å². The first-order valence-corrected chi connectivity index (χ1v) is 9.39. The second kappa shape index (κ2) is 10.5. The Bertz CT molecular complexity index is 784. The fraction of sp³-hybridized carbons (Fsp3) is 0.526. The molecule has 0 aliphatic carbocycles. The summed E-state index contributed by atoms with van der Waals surface area (Å²) in [6.45, 7) is 9.13. The summed E-state index contributed by atoms with van der Waals surface area (Å²) < 4.78 is 7.32. The van der Waals surface area contributed by atoms with E-state index >= 15 is 0 Å². The van der Waals surface area contributed by atoms with Crippen molar-refractivity contribution in [1.29, 1.82) is 0 Å². The number of guanidine groups is 1. The molecule has 0 radical (unpaired) electrons. The van der Waals surface area contributed by atoms with Crippen molar-refractivity contribution in [3.63, 3.8) is 0 Å². The summed E-state index contributed by atoms with van der Waals surface area (Å²) in [6, 6.07) is 8.23. The molecular formula is C19H30IN7O. The summed E-state index contributed by atoms with van der Waals surface area (Å²) in [5.74, 6) is 3.60. The zero-order valence-corrected chi connectivity index (χ0v) is 19.4. The van der Waals surface area contributed by atoms with E-state index in [1.54, 1.807) is 7.11 Å². The Kier molecular flexibility index (Phi) is 8.34. The maximum Gasteiger partial charge on any atom is 0.194 e. The topological polar surface area (TPSA) is 70.8 Å². The molecule has 0 atom stereocenters. The van der Waals surface area contributed by atoms with Gasteiger partial charge in [-0.15, -0.1) is 34.2 Å². The molecule has 0 amide bonds. The van der Waals surface area contributed by atoms with Crippen molar-refractivity contribution in [3.05, 3.63) is 35.9 Å². The lowest BCUT2D eigenvalue weighted by Gasteiger charge is -2.37. The van der Waals surface area contributed by atoms with Crippen LogP contribution in [0, 0.1) is 6.92 Å². The van der Waals surface area contributed by atoms with Crippen LogP contribution in [0.25, 0.3) is 0 Å². The molecule has 1 aliphatic rings. The van der Waals surface area contributed by atoms with Crippen LogP contribution in [0.5, 0.6) is 5.75 Å². The van der Waals surface area contributed by atoms with E-state index in [2.05, 4.69) is 44.4 Å². The first-order chi connectivity index (χ1) is 13.1. The van der Waals surface area contributed by atoms with Crippen LogP contribution < -0.4 is 15.0 Å². The molecule has 3 rings (SSSR count). The number of hydrogen-bond acceptors (Lipinski definition) is 5. The minimum absolute atomic E-state index is 0. The predicted octanol–water partition coefficient (Wildman–Crippen LogP) is 2.04. The molecule has 8 nitrogen and oxygen atoms in total. The van der Waals surface area contributed by atoms with Crippen molar-refractivity contribution in [2.24, 2.45) is 12.0 Å². The van der Waals surface area contributed by atoms with E-state index in [0.29, 0.717) is 6.54 Å². The number of aromatic nitrogens is 3. The van der Waals surface area contributed by atoms with E-state index in [1.807, 2.05) is 30.7 Å². The van der Waals surface area contributed by atoms with Crippen LogP contribution in [-0.4, -0.2) is 65.5 Å². The average Bonchev–Trinajstić information content (AvgIpc) is 3.03. The molecule has 2 heterocycles. The third-order valence-corrected chi connectivity index (χ3v) is 4.89. The number of anilines is 1. The second-order valence-corrected chi connectivity index (χ2v) is 6.57. The number of hydrogen-bond donors (Lipinski definition) is 1. The molecule has 0 saturated carbocycles. The Balaban J connectivity index is 0.00000280. The molecule has 1 aromatic heterocycles. The maximum atomic E-state index is 5.34. The Morgan fingerprint density at radius 2 is 1.96 bits per heavy atom. The molecule has 0 bridgehead atoms. The molecule has 2 aromatic rings. The number of nitrogens with one attached hydrogen (secondary N) is 1. The molecule has 0 spiro atoms. The summed E-state index contributed by atoms with van der Waals surface area (Å²) in [5.41, 5.74) is 1.20. The molecule has 0 unspecified atom stereocenters. The van der Waals surface area contributed by atoms with Crippen molar-refractivity contribution in [3.8, 4) is 5.75 Å². The Labute approximate surface area is 184 Å². The summed E-state index contributed by atoms with van der Waals surface area (Å²) in [4.78, 5) is 9.47. The number of ether oxygens (including phenoxy) is 1. The van der Waals surface area contributed by atoms with Crippen LogP contribution in [0.3, 0.4) is 0 Å². The molecule has 1 aromatic carbocycles. The van der Waals surface area contributed by atoms with Gasteiger partial charge in [0.15, 0.2) is 11.8 Å². The van der Waals surface area contributed by atoms with Gasteiger partial charge in [-0.25, -0.2) is 4.99 Å². The number of methoxy groups -OCH3 is 1. The monoisotopic (exact) mass is 499 g/mol. The minimum atomic E-state index is 0. The first kappa shape index (κ1) is 22.3. The highest BCUT2D eigenvalue weighted by Crippen LogP contribution is 2.22. The highest BCUT2D eigenvalue weighted by atomic mass is 127. The highest BCUT2D eigenvalue weighted by molar-refractivity contribution is 14.0. The summed E-state index contributed by atoms with van der Waals surface area (Å²) >= 11 is 0. The number of rotatable bonds is 5. The lowest BCUT2D eigenvalue weighted by Crippen LogP contribution is -2.52. The van der Waals surface area contributed by atoms with E-state index in [-0.39, 0.29) is 24.0 Å². The van der Waals surface area contributed by atoms with Gasteiger partial charge in [0, 0.05) is 51.5 Å². The standard InChI is InChI=1S/C19H29N7O.HI/c1-5-20-19(21-14-18-23-22-15(2)24(18)3)26-11-9-25(10-12-26)16-7-6-8-17(13-16)27-4;/h6-8,13H,5,9-12,14H2,1-4H3,(H,20,21);1H. The summed E-state index contributed by atoms with van der Waals surface area (Å²) in [6.07, 6.45) is 0. The summed E-state index contributed by atoms with van der Waals surface area (Å²) in [7, 11) is 3.68. The third kappa shape index (κ3) is 5.27. The van der Waals surface area contributed by atoms with Crippen LogP contribution in [0.15, 0.2) is 29.3 Å². The van der Waals surface area contributed by atoms with E-state index in [0.717, 1.165) is 56.1 Å². The van der Waals surface area contributed by atoms with Crippen LogP contribution in [-0.2, 0) is 13.6 Å². The molecule has 1 N–H and O–H groups in total. The van der Waals surface area contributed by atoms with Gasteiger partial charge in [-0.2, -0.15) is 0 Å². The van der Waals surface area contributed by atoms with Gasteiger partial charge in [0.25, 0.3) is 0 Å². The number of nitrogens with zero attached hydrogens (tertiary/aromatic N) is 6. The zero-order chi connectivity index (χ0) is 19.2. The van der Waals surface area contributed by atoms with Crippen molar-refractivity contribution >= 4 is 35.6 Å². The summed E-state index contributed by atoms with van der Waals surface area (Å²) in [5, 5.41) is 11.7. The predicted molar refractivity (Wildman–Crippen MR) is 123 cm³/mol. The zero-order valence-electron chi connectivity index (χ0n) is 17.1. The van der Waals surface area contributed by atoms with Gasteiger partial charge in [-0.1, -0.05) is 6.07 Å². The number of aryl methyl sites for hydroxylation is 1. The molecule has 28 heavy (non-hydrogen) atoms. The quantitative estimate of drug-likeness (QED) is 0.386. The van der Waals surface area contributed by atoms with E-state index < -0.39 is 0 Å². The SMILES string of the molecule is CCNC(=NCc1nnc(C)n1C)N1CCN(c2cccc(OC)c2)CC1.I. The molecule has 1 fully saturated rings. The molecule has 9 heteroatoms. The van der Waals surface area contributed by atoms with Crippen LogP contribution in [0.1, 0.15) is 18.6 Å². The van der Waals surface area contributed by atoms with Gasteiger partial charge < -0.3 is 24.4 Å². The Morgan fingerprint density at radius 3 is 2.57 bits per heavy atom. The van der Waals surface area contributed by atoms with Gasteiger partial charge in [0.1, 0.15) is 18.1 Å². The fourth-order valence-electron chi connectivity index (χ4n) is 3.14. The number of aliphatic imine (C=N–C) groups is 1. The van der Waals surface area contributed by atoms with Gasteiger partial charge in [0.05, 0.1) is 7.11 Å². The molecule has 154 valence electrons. The van der Waals surface area contributed by atoms with Gasteiger partial charge in [-0.05, 0) is 26.0 Å². The Hall–Kier alpha value is -2.04. The maximum absolute atomic E-state index is 5.34. The molecular weight excluding hydrogens is 469 g/mol. The van der Waals surface area contributed by atoms with E-state index in [4.69, 9.17) is 9.73 Å². The van der Waals surface area contributed by atoms with Gasteiger partial charge in [-0.3, -0.25) is 0 Å². The molecule has 1 aliphatic heterocycles. The molecule has 1 saturated heterocycles. The number of piperazine rings is 1. The normalized spacial score (nSPS) is 14.6.